The van der Waals surface area contributed by atoms with Crippen molar-refractivity contribution in [1.29, 1.82) is 0 Å². The minimum absolute atomic E-state index is 0.236. The predicted molar refractivity (Wildman–Crippen MR) is 47.0 cm³/mol. The smallest absolute Gasteiger partial charge is 0.171 e. The van der Waals surface area contributed by atoms with Gasteiger partial charge in [-0.05, 0) is 0 Å². The molecule has 0 amide bonds. The van der Waals surface area contributed by atoms with Crippen LogP contribution < -0.4 is 0 Å². The third kappa shape index (κ3) is 167000. The van der Waals surface area contributed by atoms with Gasteiger partial charge in [-0.3, -0.25) is 0 Å². The second-order valence-electron chi connectivity index (χ2n) is 0.745. The van der Waals surface area contributed by atoms with Gasteiger partial charge in [0.2, 0.25) is 0 Å². The van der Waals surface area contributed by atoms with Crippen LogP contribution in [-0.2, 0) is 18.8 Å². The van der Waals surface area contributed by atoms with E-state index in [1.165, 1.54) is 16.0 Å². The molecule has 0 spiro atoms. The Morgan fingerprint density at radius 3 is 0.933 bits per heavy atom. The number of hydrogen-bond donors (Lipinski definition) is 3. The summed E-state index contributed by atoms with van der Waals surface area (Å²) < 4.78 is 0. The maximum atomic E-state index is 8.11. The van der Waals surface area contributed by atoms with Gasteiger partial charge in [0.1, 0.15) is 0 Å². The Kier molecular flexibility index (Phi) is 222. The summed E-state index contributed by atoms with van der Waals surface area (Å²) in [4.78, 5) is 24.3. The van der Waals surface area contributed by atoms with Gasteiger partial charge in [-0.2, -0.15) is 13.1 Å². The normalized spacial score (nSPS) is 4.87. The molecule has 0 aromatic rings. The van der Waals surface area contributed by atoms with Crippen LogP contribution in [0.4, 0.5) is 0 Å². The number of nitrogens with one attached hydrogen (secondary N) is 2. The Morgan fingerprint density at radius 1 is 0.867 bits per heavy atom. The summed E-state index contributed by atoms with van der Waals surface area (Å²) in [6.07, 6.45) is 0. The Balaban J connectivity index is -0.0000000283. The van der Waals surface area contributed by atoms with Crippen molar-refractivity contribution in [2.45, 2.75) is 0 Å². The summed E-state index contributed by atoms with van der Waals surface area (Å²) in [5.74, 6) is 0. The topological polar surface area (TPSA) is 197 Å². The van der Waals surface area contributed by atoms with E-state index in [1.54, 1.807) is 18.8 Å². The molecule has 0 heterocycles. The molecule has 15 heavy (non-hydrogen) atoms. The fraction of sp³-hybridized carbons (Fsp3) is 1.00. The zero-order chi connectivity index (χ0) is 13.5. The number of hydrogen-bond acceptors (Lipinski definition) is 6. The molecule has 0 aromatic carbocycles. The van der Waals surface area contributed by atoms with E-state index < -0.39 is 0 Å². The zero-order valence-corrected chi connectivity index (χ0v) is 10.0. The van der Waals surface area contributed by atoms with E-state index >= 15 is 0 Å². The Labute approximate surface area is 99.4 Å². The van der Waals surface area contributed by atoms with Crippen LogP contribution in [-0.4, -0.2) is 28.7 Å². The number of nitrogens with zero attached hydrogens (tertiary/aromatic N) is 3. The van der Waals surface area contributed by atoms with Crippen LogP contribution in [0.1, 0.15) is 0 Å². The first-order chi connectivity index (χ1) is 7.16. The second-order valence-corrected chi connectivity index (χ2v) is 0.745. The first-order valence-corrected chi connectivity index (χ1v) is 5.29. The fourth-order valence-corrected chi connectivity index (χ4v) is 0. The van der Waals surface area contributed by atoms with Gasteiger partial charge in [0.25, 0.3) is 0 Å². The summed E-state index contributed by atoms with van der Waals surface area (Å²) in [6, 6.07) is 0. The van der Waals surface area contributed by atoms with E-state index in [0.29, 0.717) is 0 Å². The molecule has 11 nitrogen and oxygen atoms in total. The van der Waals surface area contributed by atoms with E-state index in [2.05, 4.69) is 9.42 Å². The van der Waals surface area contributed by atoms with Crippen LogP contribution in [0.2, 0.25) is 0 Å². The summed E-state index contributed by atoms with van der Waals surface area (Å²) in [5.41, 5.74) is 12.5. The molecular weight excluding hydrogens is 421 g/mol. The minimum atomic E-state index is 0.236. The van der Waals surface area contributed by atoms with Gasteiger partial charge in [-0.25, -0.2) is 0 Å². The van der Waals surface area contributed by atoms with Crippen LogP contribution in [0, 0.1) is 14.7 Å². The monoisotopic (exact) mass is 429 g/mol. The van der Waals surface area contributed by atoms with Gasteiger partial charge in [0.05, 0.1) is 0 Å². The maximum absolute atomic E-state index is 8.11. The third-order valence-corrected chi connectivity index (χ3v) is 0.125. The molecule has 0 aliphatic rings. The standard InChI is InChI=1S/C2H6N2.ClH.3HNO2.Pt/c3-1-2-4;;3*2-1-3;/h3-4H,1-2H2;1H;3*(H,2,3);/q-2;;;;;+1/p-1. The molecule has 0 saturated carbocycles. The summed E-state index contributed by atoms with van der Waals surface area (Å²) in [7, 11) is 4.61. The minimum Gasteiger partial charge on any atom is -0.679 e. The molecule has 0 bridgehead atoms. The quantitative estimate of drug-likeness (QED) is 0.421. The SMILES string of the molecule is O=NO.O=NO.O=NO.[Cl][Pt].[NH-]CC[NH-]. The summed E-state index contributed by atoms with van der Waals surface area (Å²) >= 11 is 1.61. The molecule has 5 N–H and O–H groups in total. The van der Waals surface area contributed by atoms with Crippen molar-refractivity contribution in [1.82, 2.24) is 0 Å². The third-order valence-electron chi connectivity index (χ3n) is 0.125. The molecule has 0 rings (SSSR count). The maximum Gasteiger partial charge on any atom is -0.171 e. The molecule has 0 aromatic heterocycles. The second kappa shape index (κ2) is 114. The Hall–Kier alpha value is -0.902. The van der Waals surface area contributed by atoms with E-state index in [0.717, 1.165) is 0 Å². The molecule has 0 atom stereocenters. The van der Waals surface area contributed by atoms with E-state index in [4.69, 9.17) is 41.8 Å². The van der Waals surface area contributed by atoms with Crippen LogP contribution >= 0.6 is 9.42 Å². The van der Waals surface area contributed by atoms with Crippen molar-refractivity contribution in [3.63, 3.8) is 0 Å². The van der Waals surface area contributed by atoms with Gasteiger partial charge < -0.3 is 27.1 Å². The van der Waals surface area contributed by atoms with Crippen LogP contribution in [0.3, 0.4) is 0 Å². The average molecular weight is 430 g/mol. The van der Waals surface area contributed by atoms with Gasteiger partial charge in [-0.1, -0.05) is 0 Å². The van der Waals surface area contributed by atoms with E-state index in [9.17, 15) is 0 Å². The van der Waals surface area contributed by atoms with Gasteiger partial charge in [-0.15, -0.1) is 14.7 Å². The molecule has 13 heteroatoms. The molecule has 0 aliphatic heterocycles. The van der Waals surface area contributed by atoms with Gasteiger partial charge >= 0.3 is 28.2 Å². The number of halogens is 1. The van der Waals surface area contributed by atoms with Crippen LogP contribution in [0.5, 0.6) is 0 Å². The predicted octanol–water partition coefficient (Wildman–Crippen LogP) is 2.20. The van der Waals surface area contributed by atoms with E-state index in [1.807, 2.05) is 0 Å². The molecule has 0 radical (unpaired) electrons. The fourth-order valence-electron chi connectivity index (χ4n) is 0. The summed E-state index contributed by atoms with van der Waals surface area (Å²) in [5, 5.41) is 23.7. The van der Waals surface area contributed by atoms with Crippen molar-refractivity contribution in [3.8, 4) is 0 Å². The molecule has 97 valence electrons. The molecule has 0 unspecified atom stereocenters. The van der Waals surface area contributed by atoms with Crippen LogP contribution in [0.25, 0.3) is 11.5 Å². The van der Waals surface area contributed by atoms with Crippen molar-refractivity contribution in [2.24, 2.45) is 16.0 Å². The molecule has 0 fully saturated rings. The van der Waals surface area contributed by atoms with Crippen molar-refractivity contribution in [2.75, 3.05) is 13.1 Å². The number of rotatable bonds is 1. The first kappa shape index (κ1) is 29.2. The Bertz CT molecular complexity index is 83.3. The van der Waals surface area contributed by atoms with Crippen molar-refractivity contribution >= 4 is 9.42 Å². The van der Waals surface area contributed by atoms with Crippen molar-refractivity contribution in [3.05, 3.63) is 26.2 Å². The largest absolute Gasteiger partial charge is 0.679 e. The summed E-state index contributed by atoms with van der Waals surface area (Å²) in [6.45, 7) is 0.472. The zero-order valence-electron chi connectivity index (χ0n) is 7.02. The molecule has 0 aliphatic carbocycles. The van der Waals surface area contributed by atoms with E-state index in [-0.39, 0.29) is 13.1 Å². The Morgan fingerprint density at radius 2 is 0.933 bits per heavy atom. The average Bonchev–Trinajstić information content (AvgIpc) is 2.24. The molecular formula is C2H9ClN5O6Pt-2. The first-order valence-electron chi connectivity index (χ1n) is 2.47. The molecule has 0 saturated heterocycles. The van der Waals surface area contributed by atoms with Gasteiger partial charge in [0, 0.05) is 0 Å². The van der Waals surface area contributed by atoms with Crippen LogP contribution in [0.15, 0.2) is 16.0 Å². The van der Waals surface area contributed by atoms with Crippen molar-refractivity contribution < 1.29 is 34.4 Å². The van der Waals surface area contributed by atoms with Gasteiger partial charge in [0.15, 0.2) is 16.0 Å².